The minimum absolute atomic E-state index is 0.0577. The molecule has 7 heteroatoms. The summed E-state index contributed by atoms with van der Waals surface area (Å²) >= 11 is 0. The molecular weight excluding hydrogens is 414 g/mol. The first kappa shape index (κ1) is 22.1. The number of anilines is 1. The number of ether oxygens (including phenoxy) is 1. The molecule has 0 spiro atoms. The standard InChI is InChI=1S/C24H31NO5S/c1-2-14-31(28,29)25-18-9-7-8-17(15-18)21(16-12-13-16)22-23(26)19-10-5-3-4-6-11-20(19)30-24(22)27/h4,6-9,11,15-16,19,21-23,25-26H,2-3,5,10,12-14H2,1H3. The number of sulfonamides is 1. The Labute approximate surface area is 184 Å². The molecule has 4 atom stereocenters. The van der Waals surface area contributed by atoms with E-state index in [2.05, 4.69) is 4.72 Å². The van der Waals surface area contributed by atoms with E-state index in [-0.39, 0.29) is 23.5 Å². The molecule has 0 aromatic heterocycles. The highest BCUT2D eigenvalue weighted by Gasteiger charge is 2.50. The Morgan fingerprint density at radius 1 is 1.26 bits per heavy atom. The van der Waals surface area contributed by atoms with Crippen LogP contribution in [0.3, 0.4) is 0 Å². The molecule has 1 aliphatic heterocycles. The number of fused-ring (bicyclic) bond motifs is 1. The number of carbonyl (C=O) groups is 1. The first-order chi connectivity index (χ1) is 14.9. The number of nitrogens with one attached hydrogen (secondary N) is 1. The quantitative estimate of drug-likeness (QED) is 0.616. The predicted octanol–water partition coefficient (Wildman–Crippen LogP) is 4.11. The van der Waals surface area contributed by atoms with Crippen molar-refractivity contribution in [3.8, 4) is 0 Å². The molecule has 0 amide bonds. The van der Waals surface area contributed by atoms with E-state index < -0.39 is 28.0 Å². The summed E-state index contributed by atoms with van der Waals surface area (Å²) in [7, 11) is -3.41. The van der Waals surface area contributed by atoms with E-state index in [0.29, 0.717) is 17.9 Å². The first-order valence-electron chi connectivity index (χ1n) is 11.3. The van der Waals surface area contributed by atoms with E-state index in [1.54, 1.807) is 18.2 Å². The van der Waals surface area contributed by atoms with Gasteiger partial charge in [0.05, 0.1) is 17.8 Å². The highest BCUT2D eigenvalue weighted by Crippen LogP contribution is 2.51. The summed E-state index contributed by atoms with van der Waals surface area (Å²) in [6.45, 7) is 1.82. The summed E-state index contributed by atoms with van der Waals surface area (Å²) in [6.07, 6.45) is 10.1. The third kappa shape index (κ3) is 5.04. The van der Waals surface area contributed by atoms with Gasteiger partial charge in [0.15, 0.2) is 0 Å². The first-order valence-corrected chi connectivity index (χ1v) is 12.9. The van der Waals surface area contributed by atoms with Crippen LogP contribution in [-0.2, 0) is 19.6 Å². The van der Waals surface area contributed by atoms with Crippen LogP contribution >= 0.6 is 0 Å². The summed E-state index contributed by atoms with van der Waals surface area (Å²) in [5.74, 6) is -0.532. The minimum Gasteiger partial charge on any atom is -0.430 e. The van der Waals surface area contributed by atoms with Gasteiger partial charge in [-0.25, -0.2) is 8.42 Å². The third-order valence-corrected chi connectivity index (χ3v) is 7.95. The molecule has 0 radical (unpaired) electrons. The van der Waals surface area contributed by atoms with Gasteiger partial charge in [-0.1, -0.05) is 31.2 Å². The predicted molar refractivity (Wildman–Crippen MR) is 120 cm³/mol. The van der Waals surface area contributed by atoms with Gasteiger partial charge in [0.1, 0.15) is 5.76 Å². The normalized spacial score (nSPS) is 27.4. The zero-order valence-corrected chi connectivity index (χ0v) is 18.7. The molecule has 1 aromatic rings. The summed E-state index contributed by atoms with van der Waals surface area (Å²) in [6, 6.07) is 7.26. The number of allylic oxidation sites excluding steroid dienone is 3. The average Bonchev–Trinajstić information content (AvgIpc) is 3.51. The van der Waals surface area contributed by atoms with Gasteiger partial charge in [-0.3, -0.25) is 9.52 Å². The topological polar surface area (TPSA) is 92.7 Å². The van der Waals surface area contributed by atoms with E-state index in [1.165, 1.54) is 0 Å². The number of hydrogen-bond acceptors (Lipinski definition) is 5. The second-order valence-electron chi connectivity index (χ2n) is 8.88. The molecule has 1 saturated carbocycles. The van der Waals surface area contributed by atoms with Crippen LogP contribution in [0.25, 0.3) is 0 Å². The van der Waals surface area contributed by atoms with E-state index in [0.717, 1.165) is 37.7 Å². The van der Waals surface area contributed by atoms with Crippen molar-refractivity contribution in [3.05, 3.63) is 53.8 Å². The average molecular weight is 446 g/mol. The van der Waals surface area contributed by atoms with Crippen molar-refractivity contribution < 1.29 is 23.1 Å². The van der Waals surface area contributed by atoms with Crippen molar-refractivity contribution in [3.63, 3.8) is 0 Å². The fourth-order valence-electron chi connectivity index (χ4n) is 4.90. The Morgan fingerprint density at radius 3 is 2.81 bits per heavy atom. The lowest BCUT2D eigenvalue weighted by atomic mass is 9.72. The van der Waals surface area contributed by atoms with Crippen molar-refractivity contribution in [2.75, 3.05) is 10.5 Å². The molecule has 31 heavy (non-hydrogen) atoms. The van der Waals surface area contributed by atoms with Crippen molar-refractivity contribution in [1.29, 1.82) is 0 Å². The van der Waals surface area contributed by atoms with Crippen LogP contribution in [0.2, 0.25) is 0 Å². The van der Waals surface area contributed by atoms with Crippen LogP contribution in [0.5, 0.6) is 0 Å². The van der Waals surface area contributed by atoms with E-state index in [9.17, 15) is 18.3 Å². The zero-order chi connectivity index (χ0) is 22.0. The van der Waals surface area contributed by atoms with Gasteiger partial charge in [0.25, 0.3) is 0 Å². The number of carbonyl (C=O) groups excluding carboxylic acids is 1. The molecule has 4 unspecified atom stereocenters. The van der Waals surface area contributed by atoms with Gasteiger partial charge >= 0.3 is 5.97 Å². The molecule has 2 N–H and O–H groups in total. The van der Waals surface area contributed by atoms with Crippen molar-refractivity contribution in [2.24, 2.45) is 17.8 Å². The van der Waals surface area contributed by atoms with Crippen LogP contribution in [0.15, 0.2) is 48.3 Å². The number of benzene rings is 1. The molecule has 1 heterocycles. The van der Waals surface area contributed by atoms with Crippen LogP contribution in [-0.4, -0.2) is 31.4 Å². The zero-order valence-electron chi connectivity index (χ0n) is 17.9. The Hall–Kier alpha value is -2.12. The Bertz CT molecular complexity index is 979. The fourth-order valence-corrected chi connectivity index (χ4v) is 6.02. The summed E-state index contributed by atoms with van der Waals surface area (Å²) in [5, 5.41) is 11.3. The molecule has 6 nitrogen and oxygen atoms in total. The van der Waals surface area contributed by atoms with E-state index in [1.807, 2.05) is 31.2 Å². The van der Waals surface area contributed by atoms with Gasteiger partial charge in [0.2, 0.25) is 10.0 Å². The lowest BCUT2D eigenvalue weighted by Crippen LogP contribution is -2.45. The van der Waals surface area contributed by atoms with Crippen molar-refractivity contribution in [2.45, 2.75) is 57.5 Å². The van der Waals surface area contributed by atoms with Crippen LogP contribution in [0, 0.1) is 17.8 Å². The van der Waals surface area contributed by atoms with Gasteiger partial charge < -0.3 is 9.84 Å². The number of esters is 1. The molecule has 4 rings (SSSR count). The smallest absolute Gasteiger partial charge is 0.317 e. The monoisotopic (exact) mass is 445 g/mol. The van der Waals surface area contributed by atoms with Crippen LogP contribution < -0.4 is 4.72 Å². The van der Waals surface area contributed by atoms with E-state index in [4.69, 9.17) is 4.74 Å². The van der Waals surface area contributed by atoms with Gasteiger partial charge in [-0.2, -0.15) is 0 Å². The van der Waals surface area contributed by atoms with Crippen LogP contribution in [0.1, 0.15) is 56.9 Å². The van der Waals surface area contributed by atoms with Gasteiger partial charge in [0, 0.05) is 17.5 Å². The lowest BCUT2D eigenvalue weighted by molar-refractivity contribution is -0.160. The van der Waals surface area contributed by atoms with Crippen molar-refractivity contribution >= 4 is 21.7 Å². The SMILES string of the molecule is CCCS(=O)(=O)Nc1cccc(C(C2CC2)C2C(=O)OC3=CC=CCCCC3C2O)c1. The van der Waals surface area contributed by atoms with E-state index >= 15 is 0 Å². The molecule has 168 valence electrons. The maximum absolute atomic E-state index is 13.0. The Kier molecular flexibility index (Phi) is 6.53. The van der Waals surface area contributed by atoms with Gasteiger partial charge in [-0.15, -0.1) is 0 Å². The molecule has 1 aromatic carbocycles. The molecule has 1 saturated heterocycles. The fraction of sp³-hybridized carbons (Fsp3) is 0.542. The highest BCUT2D eigenvalue weighted by atomic mass is 32.2. The Balaban J connectivity index is 1.64. The lowest BCUT2D eigenvalue weighted by Gasteiger charge is -2.39. The highest BCUT2D eigenvalue weighted by molar-refractivity contribution is 7.92. The largest absolute Gasteiger partial charge is 0.430 e. The number of aliphatic hydroxyl groups excluding tert-OH is 1. The number of aliphatic hydroxyl groups is 1. The maximum Gasteiger partial charge on any atom is 0.317 e. The minimum atomic E-state index is -3.41. The van der Waals surface area contributed by atoms with Crippen LogP contribution in [0.4, 0.5) is 5.69 Å². The molecule has 2 fully saturated rings. The second-order valence-corrected chi connectivity index (χ2v) is 10.7. The molecule has 3 aliphatic rings. The summed E-state index contributed by atoms with van der Waals surface area (Å²) in [5.41, 5.74) is 1.37. The molecule has 0 bridgehead atoms. The molecule has 2 aliphatic carbocycles. The maximum atomic E-state index is 13.0. The number of hydrogen-bond donors (Lipinski definition) is 2. The Morgan fingerprint density at radius 2 is 2.06 bits per heavy atom. The summed E-state index contributed by atoms with van der Waals surface area (Å²) in [4.78, 5) is 13.0. The second kappa shape index (κ2) is 9.17. The van der Waals surface area contributed by atoms with Crippen molar-refractivity contribution in [1.82, 2.24) is 0 Å². The molecular formula is C24H31NO5S. The number of rotatable bonds is 7. The third-order valence-electron chi connectivity index (χ3n) is 6.45. The summed E-state index contributed by atoms with van der Waals surface area (Å²) < 4.78 is 32.8. The van der Waals surface area contributed by atoms with Gasteiger partial charge in [-0.05, 0) is 68.2 Å².